The second-order valence-corrected chi connectivity index (χ2v) is 7.28. The van der Waals surface area contributed by atoms with Crippen molar-refractivity contribution in [2.24, 2.45) is 0 Å². The van der Waals surface area contributed by atoms with Crippen LogP contribution in [0.2, 0.25) is 0 Å². The summed E-state index contributed by atoms with van der Waals surface area (Å²) in [6.45, 7) is 0. The second kappa shape index (κ2) is 7.20. The summed E-state index contributed by atoms with van der Waals surface area (Å²) in [5.41, 5.74) is 2.21. The highest BCUT2D eigenvalue weighted by Crippen LogP contribution is 2.47. The normalized spacial score (nSPS) is 14.4. The molecule has 1 aliphatic heterocycles. The predicted molar refractivity (Wildman–Crippen MR) is 118 cm³/mol. The van der Waals surface area contributed by atoms with Gasteiger partial charge in [-0.2, -0.15) is 0 Å². The van der Waals surface area contributed by atoms with Crippen molar-refractivity contribution in [3.05, 3.63) is 120 Å². The first-order valence-corrected chi connectivity index (χ1v) is 9.86. The van der Waals surface area contributed by atoms with E-state index < -0.39 is 5.60 Å². The third-order valence-electron chi connectivity index (χ3n) is 5.59. The van der Waals surface area contributed by atoms with Crippen molar-refractivity contribution in [2.75, 3.05) is 7.11 Å². The maximum absolute atomic E-state index is 13.0. The molecule has 0 atom stereocenters. The molecule has 0 fully saturated rings. The minimum absolute atomic E-state index is 0.382. The summed E-state index contributed by atoms with van der Waals surface area (Å²) in [6.07, 6.45) is 1.90. The van der Waals surface area contributed by atoms with Crippen LogP contribution in [0, 0.1) is 0 Å². The molecule has 0 N–H and O–H groups in total. The first-order chi connectivity index (χ1) is 14.7. The van der Waals surface area contributed by atoms with Crippen molar-refractivity contribution >= 4 is 22.3 Å². The zero-order valence-corrected chi connectivity index (χ0v) is 16.5. The van der Waals surface area contributed by atoms with Gasteiger partial charge in [-0.1, -0.05) is 91.0 Å². The van der Waals surface area contributed by atoms with Gasteiger partial charge in [-0.25, -0.2) is 4.79 Å². The lowest BCUT2D eigenvalue weighted by atomic mass is 9.80. The van der Waals surface area contributed by atoms with Crippen molar-refractivity contribution in [1.29, 1.82) is 0 Å². The second-order valence-electron chi connectivity index (χ2n) is 7.28. The summed E-state index contributed by atoms with van der Waals surface area (Å²) in [6, 6.07) is 31.9. The SMILES string of the molecule is COC(=O)C1=CC(c2ccccc2)(c2ccccc2)Oc2ccc3ccccc3c21. The lowest BCUT2D eigenvalue weighted by Gasteiger charge is -2.37. The molecular weight excluding hydrogens is 372 g/mol. The summed E-state index contributed by atoms with van der Waals surface area (Å²) in [7, 11) is 1.41. The van der Waals surface area contributed by atoms with Crippen molar-refractivity contribution in [3.8, 4) is 5.75 Å². The van der Waals surface area contributed by atoms with Gasteiger partial charge in [0.05, 0.1) is 12.7 Å². The van der Waals surface area contributed by atoms with Crippen molar-refractivity contribution in [1.82, 2.24) is 0 Å². The highest BCUT2D eigenvalue weighted by Gasteiger charge is 2.41. The van der Waals surface area contributed by atoms with Gasteiger partial charge in [0.1, 0.15) is 5.75 Å². The van der Waals surface area contributed by atoms with Gasteiger partial charge in [-0.3, -0.25) is 0 Å². The molecule has 0 aromatic heterocycles. The Bertz CT molecular complexity index is 1220. The lowest BCUT2D eigenvalue weighted by Crippen LogP contribution is -2.36. The van der Waals surface area contributed by atoms with Crippen LogP contribution in [0.25, 0.3) is 16.3 Å². The minimum atomic E-state index is -0.943. The van der Waals surface area contributed by atoms with E-state index in [0.29, 0.717) is 11.3 Å². The zero-order valence-electron chi connectivity index (χ0n) is 16.5. The summed E-state index contributed by atoms with van der Waals surface area (Å²) in [5, 5.41) is 2.00. The van der Waals surface area contributed by atoms with E-state index in [2.05, 4.69) is 0 Å². The van der Waals surface area contributed by atoms with E-state index in [0.717, 1.165) is 27.5 Å². The topological polar surface area (TPSA) is 35.5 Å². The number of carbonyl (C=O) groups is 1. The smallest absolute Gasteiger partial charge is 0.338 e. The molecule has 0 saturated heterocycles. The summed E-state index contributed by atoms with van der Waals surface area (Å²) < 4.78 is 11.9. The van der Waals surface area contributed by atoms with Crippen LogP contribution in [0.1, 0.15) is 16.7 Å². The van der Waals surface area contributed by atoms with Gasteiger partial charge in [-0.15, -0.1) is 0 Å². The molecule has 0 saturated carbocycles. The largest absolute Gasteiger partial charge is 0.473 e. The minimum Gasteiger partial charge on any atom is -0.473 e. The standard InChI is InChI=1S/C27H20O3/c1-29-26(28)23-18-27(20-11-4-2-5-12-20,21-13-6-3-7-14-21)30-24-17-16-19-10-8-9-15-22(19)25(23)24/h2-18H,1H3. The van der Waals surface area contributed by atoms with E-state index in [4.69, 9.17) is 9.47 Å². The first-order valence-electron chi connectivity index (χ1n) is 9.86. The fourth-order valence-electron chi connectivity index (χ4n) is 4.19. The average molecular weight is 392 g/mol. The number of rotatable bonds is 3. The van der Waals surface area contributed by atoms with Gasteiger partial charge in [0.25, 0.3) is 0 Å². The fourth-order valence-corrected chi connectivity index (χ4v) is 4.19. The molecule has 5 rings (SSSR count). The Morgan fingerprint density at radius 1 is 0.767 bits per heavy atom. The first kappa shape index (κ1) is 18.2. The van der Waals surface area contributed by atoms with Crippen LogP contribution in [-0.4, -0.2) is 13.1 Å². The summed E-state index contributed by atoms with van der Waals surface area (Å²) >= 11 is 0. The van der Waals surface area contributed by atoms with Crippen LogP contribution in [0.4, 0.5) is 0 Å². The molecule has 0 radical (unpaired) electrons. The summed E-state index contributed by atoms with van der Waals surface area (Å²) in [4.78, 5) is 13.0. The third kappa shape index (κ3) is 2.79. The molecule has 146 valence electrons. The van der Waals surface area contributed by atoms with Crippen molar-refractivity contribution in [3.63, 3.8) is 0 Å². The lowest BCUT2D eigenvalue weighted by molar-refractivity contribution is -0.133. The number of carbonyl (C=O) groups excluding carboxylic acids is 1. The number of benzene rings is 4. The molecule has 0 unspecified atom stereocenters. The van der Waals surface area contributed by atoms with Crippen LogP contribution in [-0.2, 0) is 15.1 Å². The molecule has 1 aliphatic rings. The summed E-state index contributed by atoms with van der Waals surface area (Å²) in [5.74, 6) is 0.274. The van der Waals surface area contributed by atoms with Crippen LogP contribution in [0.15, 0.2) is 103 Å². The molecule has 4 aromatic carbocycles. The molecule has 4 aromatic rings. The number of hydrogen-bond donors (Lipinski definition) is 0. The molecule has 0 spiro atoms. The Balaban J connectivity index is 1.86. The third-order valence-corrected chi connectivity index (χ3v) is 5.59. The molecule has 30 heavy (non-hydrogen) atoms. The Morgan fingerprint density at radius 3 is 2.00 bits per heavy atom. The van der Waals surface area contributed by atoms with E-state index in [9.17, 15) is 4.79 Å². The van der Waals surface area contributed by atoms with Gasteiger partial charge in [0.15, 0.2) is 5.60 Å². The Kier molecular flexibility index (Phi) is 4.36. The Morgan fingerprint density at radius 2 is 1.37 bits per heavy atom. The van der Waals surface area contributed by atoms with Crippen molar-refractivity contribution < 1.29 is 14.3 Å². The van der Waals surface area contributed by atoms with E-state index in [1.807, 2.05) is 103 Å². The quantitative estimate of drug-likeness (QED) is 0.418. The number of methoxy groups -OCH3 is 1. The maximum atomic E-state index is 13.0. The Hall–Kier alpha value is -3.85. The number of hydrogen-bond acceptors (Lipinski definition) is 3. The molecule has 3 nitrogen and oxygen atoms in total. The maximum Gasteiger partial charge on any atom is 0.338 e. The van der Waals surface area contributed by atoms with E-state index in [1.165, 1.54) is 7.11 Å². The van der Waals surface area contributed by atoms with E-state index in [1.54, 1.807) is 0 Å². The van der Waals surface area contributed by atoms with Crippen LogP contribution < -0.4 is 4.74 Å². The van der Waals surface area contributed by atoms with Gasteiger partial charge >= 0.3 is 5.97 Å². The van der Waals surface area contributed by atoms with Gasteiger partial charge < -0.3 is 9.47 Å². The average Bonchev–Trinajstić information content (AvgIpc) is 2.83. The van der Waals surface area contributed by atoms with Crippen molar-refractivity contribution in [2.45, 2.75) is 5.60 Å². The molecular formula is C27H20O3. The van der Waals surface area contributed by atoms with E-state index >= 15 is 0 Å². The predicted octanol–water partition coefficient (Wildman–Crippen LogP) is 5.73. The number of esters is 1. The Labute approximate surface area is 175 Å². The highest BCUT2D eigenvalue weighted by molar-refractivity contribution is 6.22. The van der Waals surface area contributed by atoms with Crippen LogP contribution in [0.3, 0.4) is 0 Å². The molecule has 0 aliphatic carbocycles. The van der Waals surface area contributed by atoms with Gasteiger partial charge in [-0.05, 0) is 22.9 Å². The van der Waals surface area contributed by atoms with Gasteiger partial charge in [0, 0.05) is 16.7 Å². The fraction of sp³-hybridized carbons (Fsp3) is 0.0741. The molecule has 0 amide bonds. The van der Waals surface area contributed by atoms with Crippen LogP contribution in [0.5, 0.6) is 5.75 Å². The van der Waals surface area contributed by atoms with E-state index in [-0.39, 0.29) is 5.97 Å². The molecule has 0 bridgehead atoms. The number of fused-ring (bicyclic) bond motifs is 3. The monoisotopic (exact) mass is 392 g/mol. The molecule has 3 heteroatoms. The molecule has 1 heterocycles. The zero-order chi connectivity index (χ0) is 20.6. The number of ether oxygens (including phenoxy) is 2. The highest BCUT2D eigenvalue weighted by atomic mass is 16.5. The van der Waals surface area contributed by atoms with Crippen LogP contribution >= 0.6 is 0 Å². The van der Waals surface area contributed by atoms with Gasteiger partial charge in [0.2, 0.25) is 0 Å².